The molecule has 0 aliphatic carbocycles. The van der Waals surface area contributed by atoms with Crippen LogP contribution in [0.4, 0.5) is 0 Å². The van der Waals surface area contributed by atoms with Gasteiger partial charge in [0.15, 0.2) is 0 Å². The molecule has 2 unspecified atom stereocenters. The number of benzene rings is 1. The molecule has 5 N–H and O–H groups in total. The molecule has 1 rings (SSSR count). The molecule has 3 nitrogen and oxygen atoms in total. The van der Waals surface area contributed by atoms with Gasteiger partial charge in [0.1, 0.15) is 5.75 Å². The third-order valence-electron chi connectivity index (χ3n) is 4.30. The number of aromatic hydroxyl groups is 1. The molecule has 0 fully saturated rings. The highest BCUT2D eigenvalue weighted by Gasteiger charge is 2.30. The summed E-state index contributed by atoms with van der Waals surface area (Å²) in [5, 5.41) is 10.8. The quantitative estimate of drug-likeness (QED) is 0.770. The van der Waals surface area contributed by atoms with Gasteiger partial charge in [0.2, 0.25) is 0 Å². The van der Waals surface area contributed by atoms with Crippen LogP contribution in [-0.4, -0.2) is 5.11 Å². The van der Waals surface area contributed by atoms with Crippen molar-refractivity contribution < 1.29 is 5.11 Å². The summed E-state index contributed by atoms with van der Waals surface area (Å²) in [7, 11) is 0. The maximum absolute atomic E-state index is 10.8. The summed E-state index contributed by atoms with van der Waals surface area (Å²) in [6.45, 7) is 14.7. The summed E-state index contributed by atoms with van der Waals surface area (Å²) in [5.41, 5.74) is 15.4. The van der Waals surface area contributed by atoms with Gasteiger partial charge in [-0.05, 0) is 22.8 Å². The van der Waals surface area contributed by atoms with Crippen molar-refractivity contribution in [1.29, 1.82) is 0 Å². The van der Waals surface area contributed by atoms with Gasteiger partial charge in [-0.2, -0.15) is 0 Å². The molecule has 0 aromatic heterocycles. The van der Waals surface area contributed by atoms with Crippen molar-refractivity contribution in [2.24, 2.45) is 22.3 Å². The Balaban J connectivity index is 3.48. The Kier molecular flexibility index (Phi) is 5.69. The minimum absolute atomic E-state index is 0.120. The minimum Gasteiger partial charge on any atom is -0.507 e. The van der Waals surface area contributed by atoms with Crippen LogP contribution >= 0.6 is 0 Å². The third kappa shape index (κ3) is 4.23. The number of phenols is 1. The van der Waals surface area contributed by atoms with Crippen molar-refractivity contribution in [2.75, 3.05) is 0 Å². The number of aryl methyl sites for hydroxylation is 1. The molecule has 0 saturated heterocycles. The standard InChI is InChI=1S/C19H34N2O/c1-8-9-12-10-13(16(20)18(2,3)4)15(22)14(11-12)17(21)19(5,6)7/h10-11,16-17,22H,8-9,20-21H2,1-7H3. The van der Waals surface area contributed by atoms with Crippen molar-refractivity contribution >= 4 is 0 Å². The molecule has 0 heterocycles. The van der Waals surface area contributed by atoms with Crippen LogP contribution in [0, 0.1) is 10.8 Å². The van der Waals surface area contributed by atoms with E-state index >= 15 is 0 Å². The van der Waals surface area contributed by atoms with E-state index in [4.69, 9.17) is 11.5 Å². The number of phenolic OH excluding ortho intramolecular Hbond substituents is 1. The highest BCUT2D eigenvalue weighted by molar-refractivity contribution is 5.48. The van der Waals surface area contributed by atoms with Crippen molar-refractivity contribution in [3.05, 3.63) is 28.8 Å². The second-order valence-corrected chi connectivity index (χ2v) is 8.56. The zero-order valence-electron chi connectivity index (χ0n) is 15.3. The van der Waals surface area contributed by atoms with Crippen LogP contribution in [0.25, 0.3) is 0 Å². The monoisotopic (exact) mass is 306 g/mol. The average Bonchev–Trinajstić information content (AvgIpc) is 2.37. The average molecular weight is 306 g/mol. The fraction of sp³-hybridized carbons (Fsp3) is 0.684. The summed E-state index contributed by atoms with van der Waals surface area (Å²) < 4.78 is 0. The molecule has 2 atom stereocenters. The van der Waals surface area contributed by atoms with Crippen LogP contribution in [0.2, 0.25) is 0 Å². The Bertz CT molecular complexity index is 468. The Morgan fingerprint density at radius 3 is 1.55 bits per heavy atom. The maximum atomic E-state index is 10.8. The van der Waals surface area contributed by atoms with Crippen molar-refractivity contribution in [1.82, 2.24) is 0 Å². The van der Waals surface area contributed by atoms with E-state index in [2.05, 4.69) is 48.5 Å². The predicted molar refractivity (Wildman–Crippen MR) is 94.9 cm³/mol. The first-order valence-corrected chi connectivity index (χ1v) is 8.26. The van der Waals surface area contributed by atoms with E-state index in [1.54, 1.807) is 0 Å². The number of nitrogens with two attached hydrogens (primary N) is 2. The fourth-order valence-electron chi connectivity index (χ4n) is 2.58. The van der Waals surface area contributed by atoms with Gasteiger partial charge in [0.05, 0.1) is 0 Å². The molecule has 3 heteroatoms. The first-order valence-electron chi connectivity index (χ1n) is 8.26. The number of rotatable bonds is 4. The summed E-state index contributed by atoms with van der Waals surface area (Å²) in [6, 6.07) is 3.65. The predicted octanol–water partition coefficient (Wildman–Crippen LogP) is 4.44. The number of hydrogen-bond donors (Lipinski definition) is 3. The van der Waals surface area contributed by atoms with Crippen molar-refractivity contribution in [2.45, 2.75) is 73.4 Å². The Morgan fingerprint density at radius 1 is 0.909 bits per heavy atom. The molecule has 0 bridgehead atoms. The molecule has 1 aromatic rings. The van der Waals surface area contributed by atoms with Gasteiger partial charge in [-0.1, -0.05) is 67.0 Å². The Morgan fingerprint density at radius 2 is 1.27 bits per heavy atom. The molecule has 1 aromatic carbocycles. The molecule has 0 aliphatic rings. The maximum Gasteiger partial charge on any atom is 0.125 e. The highest BCUT2D eigenvalue weighted by Crippen LogP contribution is 2.42. The van der Waals surface area contributed by atoms with Gasteiger partial charge in [0, 0.05) is 23.2 Å². The van der Waals surface area contributed by atoms with Gasteiger partial charge >= 0.3 is 0 Å². The molecular formula is C19H34N2O. The van der Waals surface area contributed by atoms with Crippen molar-refractivity contribution in [3.8, 4) is 5.75 Å². The molecule has 126 valence electrons. The van der Waals surface area contributed by atoms with E-state index in [1.165, 1.54) is 5.56 Å². The topological polar surface area (TPSA) is 72.3 Å². The number of hydrogen-bond acceptors (Lipinski definition) is 3. The molecule has 0 saturated carbocycles. The van der Waals surface area contributed by atoms with Crippen LogP contribution in [0.3, 0.4) is 0 Å². The summed E-state index contributed by atoms with van der Waals surface area (Å²) in [5.74, 6) is 0.268. The fourth-order valence-corrected chi connectivity index (χ4v) is 2.58. The van der Waals surface area contributed by atoms with E-state index in [9.17, 15) is 5.11 Å². The Hall–Kier alpha value is -1.06. The lowest BCUT2D eigenvalue weighted by atomic mass is 9.78. The van der Waals surface area contributed by atoms with Crippen LogP contribution in [0.1, 0.15) is 83.7 Å². The second-order valence-electron chi connectivity index (χ2n) is 8.56. The first-order chi connectivity index (χ1) is 9.89. The van der Waals surface area contributed by atoms with Gasteiger partial charge in [0.25, 0.3) is 0 Å². The van der Waals surface area contributed by atoms with Gasteiger partial charge in [-0.3, -0.25) is 0 Å². The molecule has 0 amide bonds. The second kappa shape index (κ2) is 6.59. The normalized spacial score (nSPS) is 15.7. The molecular weight excluding hydrogens is 272 g/mol. The minimum atomic E-state index is -0.227. The molecule has 0 radical (unpaired) electrons. The zero-order valence-corrected chi connectivity index (χ0v) is 15.3. The van der Waals surface area contributed by atoms with E-state index in [-0.39, 0.29) is 28.7 Å². The van der Waals surface area contributed by atoms with Crippen LogP contribution in [0.15, 0.2) is 12.1 Å². The van der Waals surface area contributed by atoms with Gasteiger partial charge in [-0.25, -0.2) is 0 Å². The molecule has 0 spiro atoms. The van der Waals surface area contributed by atoms with E-state index in [0.717, 1.165) is 24.0 Å². The van der Waals surface area contributed by atoms with E-state index in [0.29, 0.717) is 0 Å². The molecule has 0 aliphatic heterocycles. The van der Waals surface area contributed by atoms with Gasteiger partial charge < -0.3 is 16.6 Å². The summed E-state index contributed by atoms with van der Waals surface area (Å²) in [6.07, 6.45) is 2.02. The van der Waals surface area contributed by atoms with Gasteiger partial charge in [-0.15, -0.1) is 0 Å². The first kappa shape index (κ1) is 19.0. The van der Waals surface area contributed by atoms with E-state index in [1.807, 2.05) is 12.1 Å². The largest absolute Gasteiger partial charge is 0.507 e. The van der Waals surface area contributed by atoms with Crippen molar-refractivity contribution in [3.63, 3.8) is 0 Å². The lowest BCUT2D eigenvalue weighted by molar-refractivity contribution is 0.303. The van der Waals surface area contributed by atoms with Crippen LogP contribution in [0.5, 0.6) is 5.75 Å². The SMILES string of the molecule is CCCc1cc(C(N)C(C)(C)C)c(O)c(C(N)C(C)(C)C)c1. The Labute approximate surface area is 136 Å². The lowest BCUT2D eigenvalue weighted by Crippen LogP contribution is -2.29. The zero-order chi connectivity index (χ0) is 17.3. The molecule has 22 heavy (non-hydrogen) atoms. The lowest BCUT2D eigenvalue weighted by Gasteiger charge is -2.32. The van der Waals surface area contributed by atoms with E-state index < -0.39 is 0 Å². The van der Waals surface area contributed by atoms with Crippen LogP contribution < -0.4 is 11.5 Å². The summed E-state index contributed by atoms with van der Waals surface area (Å²) in [4.78, 5) is 0. The smallest absolute Gasteiger partial charge is 0.125 e. The highest BCUT2D eigenvalue weighted by atomic mass is 16.3. The third-order valence-corrected chi connectivity index (χ3v) is 4.30. The summed E-state index contributed by atoms with van der Waals surface area (Å²) >= 11 is 0. The van der Waals surface area contributed by atoms with Crippen LogP contribution in [-0.2, 0) is 6.42 Å².